The van der Waals surface area contributed by atoms with Crippen LogP contribution in [0, 0.1) is 5.92 Å². The summed E-state index contributed by atoms with van der Waals surface area (Å²) in [7, 11) is 0. The third-order valence-corrected chi connectivity index (χ3v) is 5.21. The molecule has 9 heteroatoms. The summed E-state index contributed by atoms with van der Waals surface area (Å²) in [6.07, 6.45) is 3.31. The zero-order valence-electron chi connectivity index (χ0n) is 18.6. The largest absolute Gasteiger partial charge is 0.484 e. The second-order valence-electron chi connectivity index (χ2n) is 7.69. The van der Waals surface area contributed by atoms with Crippen LogP contribution >= 0.6 is 0 Å². The van der Waals surface area contributed by atoms with Crippen LogP contribution in [-0.2, 0) is 20.8 Å². The van der Waals surface area contributed by atoms with Gasteiger partial charge < -0.3 is 24.9 Å². The lowest BCUT2D eigenvalue weighted by Crippen LogP contribution is -2.48. The van der Waals surface area contributed by atoms with Crippen molar-refractivity contribution in [1.82, 2.24) is 10.6 Å². The maximum Gasteiger partial charge on any atom is 0.336 e. The number of carboxylic acids is 1. The number of aryl methyl sites for hydroxylation is 1. The molecule has 2 atom stereocenters. The molecule has 0 aliphatic rings. The molecule has 0 radical (unpaired) electrons. The lowest BCUT2D eigenvalue weighted by molar-refractivity contribution is -0.143. The molecule has 0 aliphatic heterocycles. The third kappa shape index (κ3) is 7.11. The number of fused-ring (bicyclic) bond motifs is 1. The van der Waals surface area contributed by atoms with Gasteiger partial charge in [-0.2, -0.15) is 0 Å². The summed E-state index contributed by atoms with van der Waals surface area (Å²) in [6, 6.07) is 5.49. The molecule has 3 N–H and O–H groups in total. The maximum absolute atomic E-state index is 12.0. The van der Waals surface area contributed by atoms with Gasteiger partial charge in [-0.1, -0.05) is 33.6 Å². The van der Waals surface area contributed by atoms with E-state index < -0.39 is 29.5 Å². The number of carboxylic acid groups (broad SMARTS) is 1. The molecule has 0 fully saturated rings. The van der Waals surface area contributed by atoms with E-state index in [4.69, 9.17) is 9.15 Å². The fourth-order valence-corrected chi connectivity index (χ4v) is 3.16. The molecule has 2 aromatic rings. The fraction of sp³-hybridized carbons (Fsp3) is 0.478. The predicted octanol–water partition coefficient (Wildman–Crippen LogP) is 2.25. The highest BCUT2D eigenvalue weighted by Gasteiger charge is 2.25. The Hall–Kier alpha value is -3.36. The van der Waals surface area contributed by atoms with Gasteiger partial charge in [0.1, 0.15) is 17.4 Å². The van der Waals surface area contributed by atoms with Gasteiger partial charge in [0.05, 0.1) is 6.54 Å². The molecular formula is C23H30N2O7. The number of nitrogens with one attached hydrogen (secondary N) is 2. The number of unbranched alkanes of at least 4 members (excludes halogenated alkanes) is 1. The molecule has 9 nitrogen and oxygen atoms in total. The number of ether oxygens (including phenoxy) is 1. The molecule has 0 saturated heterocycles. The van der Waals surface area contributed by atoms with E-state index in [1.54, 1.807) is 25.1 Å². The highest BCUT2D eigenvalue weighted by atomic mass is 16.5. The van der Waals surface area contributed by atoms with Crippen LogP contribution in [0.25, 0.3) is 11.0 Å². The van der Waals surface area contributed by atoms with Crippen LogP contribution in [0.3, 0.4) is 0 Å². The highest BCUT2D eigenvalue weighted by Crippen LogP contribution is 2.23. The summed E-state index contributed by atoms with van der Waals surface area (Å²) in [5, 5.41) is 14.8. The smallest absolute Gasteiger partial charge is 0.336 e. The minimum absolute atomic E-state index is 0.245. The van der Waals surface area contributed by atoms with Gasteiger partial charge >= 0.3 is 11.6 Å². The first-order valence-corrected chi connectivity index (χ1v) is 10.7. The van der Waals surface area contributed by atoms with E-state index in [1.807, 2.05) is 6.92 Å². The van der Waals surface area contributed by atoms with Crippen molar-refractivity contribution in [3.8, 4) is 5.75 Å². The average molecular weight is 447 g/mol. The molecule has 2 rings (SSSR count). The molecule has 1 aromatic carbocycles. The van der Waals surface area contributed by atoms with E-state index in [0.29, 0.717) is 17.8 Å². The van der Waals surface area contributed by atoms with Crippen molar-refractivity contribution in [3.63, 3.8) is 0 Å². The molecule has 2 amide bonds. The molecular weight excluding hydrogens is 416 g/mol. The third-order valence-electron chi connectivity index (χ3n) is 5.21. The van der Waals surface area contributed by atoms with E-state index in [9.17, 15) is 24.3 Å². The molecule has 0 bridgehead atoms. The second-order valence-corrected chi connectivity index (χ2v) is 7.69. The van der Waals surface area contributed by atoms with Crippen LogP contribution in [0.5, 0.6) is 5.75 Å². The normalized spacial score (nSPS) is 12.7. The SMILES string of the molecule is CCCCc1cc(=O)oc2cc(OCC(=O)NCC(=O)N[C@H](C(=O)O)[C@@H](C)CC)ccc12. The predicted molar refractivity (Wildman–Crippen MR) is 119 cm³/mol. The Bertz CT molecular complexity index is 1020. The molecule has 0 saturated carbocycles. The number of carbonyl (C=O) groups excluding carboxylic acids is 2. The molecule has 32 heavy (non-hydrogen) atoms. The van der Waals surface area contributed by atoms with Crippen molar-refractivity contribution in [2.45, 2.75) is 52.5 Å². The number of aliphatic carboxylic acids is 1. The Morgan fingerprint density at radius 1 is 1.16 bits per heavy atom. The molecule has 0 spiro atoms. The van der Waals surface area contributed by atoms with Crippen LogP contribution in [0.4, 0.5) is 0 Å². The Morgan fingerprint density at radius 3 is 2.56 bits per heavy atom. The van der Waals surface area contributed by atoms with Crippen molar-refractivity contribution in [2.24, 2.45) is 5.92 Å². The Kier molecular flexibility index (Phi) is 9.24. The molecule has 0 unspecified atom stereocenters. The van der Waals surface area contributed by atoms with Crippen LogP contribution in [-0.4, -0.2) is 42.1 Å². The summed E-state index contributed by atoms with van der Waals surface area (Å²) < 4.78 is 10.7. The number of carbonyl (C=O) groups is 3. The number of hydrogen-bond donors (Lipinski definition) is 3. The highest BCUT2D eigenvalue weighted by molar-refractivity contribution is 5.88. The summed E-state index contributed by atoms with van der Waals surface area (Å²) in [5.74, 6) is -2.17. The first-order chi connectivity index (χ1) is 15.2. The lowest BCUT2D eigenvalue weighted by atomic mass is 9.99. The van der Waals surface area contributed by atoms with E-state index in [2.05, 4.69) is 17.6 Å². The van der Waals surface area contributed by atoms with Crippen molar-refractivity contribution >= 4 is 28.8 Å². The Morgan fingerprint density at radius 2 is 1.91 bits per heavy atom. The minimum Gasteiger partial charge on any atom is -0.484 e. The summed E-state index contributed by atoms with van der Waals surface area (Å²) in [6.45, 7) is 4.91. The van der Waals surface area contributed by atoms with Crippen LogP contribution in [0.15, 0.2) is 33.5 Å². The lowest BCUT2D eigenvalue weighted by Gasteiger charge is -2.20. The standard InChI is InChI=1S/C23H30N2O7/c1-4-6-7-15-10-21(28)32-18-11-16(8-9-17(15)18)31-13-20(27)24-12-19(26)25-22(23(29)30)14(3)5-2/h8-11,14,22H,4-7,12-13H2,1-3H3,(H,24,27)(H,25,26)(H,29,30)/t14-,22-/m0/s1. The van der Waals surface area contributed by atoms with Gasteiger partial charge in [-0.15, -0.1) is 0 Å². The van der Waals surface area contributed by atoms with Crippen molar-refractivity contribution in [2.75, 3.05) is 13.2 Å². The van der Waals surface area contributed by atoms with Crippen LogP contribution in [0.2, 0.25) is 0 Å². The number of hydrogen-bond acceptors (Lipinski definition) is 6. The van der Waals surface area contributed by atoms with E-state index >= 15 is 0 Å². The van der Waals surface area contributed by atoms with Gasteiger partial charge in [-0.05, 0) is 36.5 Å². The monoisotopic (exact) mass is 446 g/mol. The first kappa shape index (κ1) is 24.9. The van der Waals surface area contributed by atoms with Crippen LogP contribution in [0.1, 0.15) is 45.6 Å². The quantitative estimate of drug-likeness (QED) is 0.426. The van der Waals surface area contributed by atoms with E-state index in [0.717, 1.165) is 30.2 Å². The van der Waals surface area contributed by atoms with Gasteiger partial charge in [0.15, 0.2) is 6.61 Å². The summed E-state index contributed by atoms with van der Waals surface area (Å²) in [5.41, 5.74) is 0.845. The fourth-order valence-electron chi connectivity index (χ4n) is 3.16. The van der Waals surface area contributed by atoms with Crippen molar-refractivity contribution in [3.05, 3.63) is 40.2 Å². The van der Waals surface area contributed by atoms with Crippen molar-refractivity contribution < 1.29 is 28.6 Å². The Labute approximate surface area is 186 Å². The number of benzene rings is 1. The minimum atomic E-state index is -1.12. The van der Waals surface area contributed by atoms with E-state index in [1.165, 1.54) is 6.07 Å². The number of amides is 2. The van der Waals surface area contributed by atoms with Crippen molar-refractivity contribution in [1.29, 1.82) is 0 Å². The molecule has 1 heterocycles. The summed E-state index contributed by atoms with van der Waals surface area (Å²) in [4.78, 5) is 47.1. The van der Waals surface area contributed by atoms with E-state index in [-0.39, 0.29) is 19.1 Å². The Balaban J connectivity index is 1.91. The van der Waals surface area contributed by atoms with Gasteiger partial charge in [0, 0.05) is 17.5 Å². The summed E-state index contributed by atoms with van der Waals surface area (Å²) >= 11 is 0. The zero-order chi connectivity index (χ0) is 23.7. The number of rotatable bonds is 12. The maximum atomic E-state index is 12.0. The first-order valence-electron chi connectivity index (χ1n) is 10.7. The van der Waals surface area contributed by atoms with Crippen LogP contribution < -0.4 is 21.0 Å². The second kappa shape index (κ2) is 11.9. The molecule has 1 aromatic heterocycles. The van der Waals surface area contributed by atoms with Gasteiger partial charge in [-0.3, -0.25) is 9.59 Å². The molecule has 174 valence electrons. The zero-order valence-corrected chi connectivity index (χ0v) is 18.6. The van der Waals surface area contributed by atoms with Gasteiger partial charge in [0.2, 0.25) is 5.91 Å². The topological polar surface area (TPSA) is 135 Å². The molecule has 0 aliphatic carbocycles. The van der Waals surface area contributed by atoms with Gasteiger partial charge in [0.25, 0.3) is 5.91 Å². The van der Waals surface area contributed by atoms with Gasteiger partial charge in [-0.25, -0.2) is 9.59 Å². The average Bonchev–Trinajstić information content (AvgIpc) is 2.77.